The summed E-state index contributed by atoms with van der Waals surface area (Å²) in [6.45, 7) is 5.96. The predicted octanol–water partition coefficient (Wildman–Crippen LogP) is 3.78. The lowest BCUT2D eigenvalue weighted by atomic mass is 10.1. The molecule has 1 heterocycles. The number of hydrogen-bond donors (Lipinski definition) is 1. The Balaban J connectivity index is 1.75. The minimum atomic E-state index is 0.702. The summed E-state index contributed by atoms with van der Waals surface area (Å²) >= 11 is 0. The van der Waals surface area contributed by atoms with Gasteiger partial charge in [-0.15, -0.1) is 0 Å². The molecule has 0 atom stereocenters. The molecule has 1 aliphatic carbocycles. The molecule has 1 aromatic carbocycles. The molecule has 110 valence electrons. The summed E-state index contributed by atoms with van der Waals surface area (Å²) in [6, 6.07) is 8.54. The standard InChI is InChI=1S/C18H22N2O/c1-3-19-11-14-9-13(2)18(20-12-14)21-17-8-7-15-5-4-6-16(15)10-17/h7-10,12,19H,3-6,11H2,1-2H3. The Morgan fingerprint density at radius 2 is 2.05 bits per heavy atom. The fourth-order valence-corrected chi connectivity index (χ4v) is 2.82. The first-order chi connectivity index (χ1) is 10.3. The van der Waals surface area contributed by atoms with E-state index in [0.717, 1.165) is 24.4 Å². The van der Waals surface area contributed by atoms with Gasteiger partial charge in [0.25, 0.3) is 0 Å². The Kier molecular flexibility index (Phi) is 4.20. The van der Waals surface area contributed by atoms with Crippen molar-refractivity contribution in [2.45, 2.75) is 39.7 Å². The number of aryl methyl sites for hydroxylation is 3. The molecule has 3 heteroatoms. The molecule has 0 unspecified atom stereocenters. The highest BCUT2D eigenvalue weighted by molar-refractivity contribution is 5.41. The zero-order valence-electron chi connectivity index (χ0n) is 12.8. The van der Waals surface area contributed by atoms with Crippen molar-refractivity contribution >= 4 is 0 Å². The summed E-state index contributed by atoms with van der Waals surface area (Å²) in [5.74, 6) is 1.60. The third-order valence-corrected chi connectivity index (χ3v) is 3.95. The number of hydrogen-bond acceptors (Lipinski definition) is 3. The predicted molar refractivity (Wildman–Crippen MR) is 84.9 cm³/mol. The molecular weight excluding hydrogens is 260 g/mol. The third kappa shape index (κ3) is 3.24. The molecule has 0 saturated heterocycles. The van der Waals surface area contributed by atoms with Crippen LogP contribution in [0.15, 0.2) is 30.5 Å². The summed E-state index contributed by atoms with van der Waals surface area (Å²) in [5, 5.41) is 3.31. The molecule has 21 heavy (non-hydrogen) atoms. The molecule has 1 aliphatic rings. The number of benzene rings is 1. The van der Waals surface area contributed by atoms with Crippen LogP contribution in [0, 0.1) is 6.92 Å². The molecule has 0 saturated carbocycles. The highest BCUT2D eigenvalue weighted by Gasteiger charge is 2.12. The minimum Gasteiger partial charge on any atom is -0.439 e. The van der Waals surface area contributed by atoms with Gasteiger partial charge in [0.2, 0.25) is 5.88 Å². The second kappa shape index (κ2) is 6.27. The molecule has 0 radical (unpaired) electrons. The second-order valence-electron chi connectivity index (χ2n) is 5.63. The van der Waals surface area contributed by atoms with E-state index in [2.05, 4.69) is 41.5 Å². The van der Waals surface area contributed by atoms with Crippen molar-refractivity contribution in [1.82, 2.24) is 10.3 Å². The highest BCUT2D eigenvalue weighted by atomic mass is 16.5. The van der Waals surface area contributed by atoms with Gasteiger partial charge in [-0.3, -0.25) is 0 Å². The van der Waals surface area contributed by atoms with E-state index in [1.54, 1.807) is 0 Å². The lowest BCUT2D eigenvalue weighted by Gasteiger charge is -2.10. The van der Waals surface area contributed by atoms with Crippen LogP contribution in [0.5, 0.6) is 11.6 Å². The van der Waals surface area contributed by atoms with Gasteiger partial charge in [0, 0.05) is 18.3 Å². The summed E-state index contributed by atoms with van der Waals surface area (Å²) < 4.78 is 5.96. The van der Waals surface area contributed by atoms with Gasteiger partial charge in [0.05, 0.1) is 0 Å². The number of rotatable bonds is 5. The van der Waals surface area contributed by atoms with E-state index in [1.165, 1.54) is 36.0 Å². The Bertz CT molecular complexity index is 637. The van der Waals surface area contributed by atoms with E-state index in [0.29, 0.717) is 5.88 Å². The second-order valence-corrected chi connectivity index (χ2v) is 5.63. The number of fused-ring (bicyclic) bond motifs is 1. The maximum atomic E-state index is 5.96. The van der Waals surface area contributed by atoms with Crippen LogP contribution in [0.3, 0.4) is 0 Å². The molecule has 0 bridgehead atoms. The first-order valence-corrected chi connectivity index (χ1v) is 7.72. The van der Waals surface area contributed by atoms with Crippen LogP contribution in [-0.4, -0.2) is 11.5 Å². The minimum absolute atomic E-state index is 0.702. The van der Waals surface area contributed by atoms with Gasteiger partial charge in [0.1, 0.15) is 5.75 Å². The molecule has 3 nitrogen and oxygen atoms in total. The van der Waals surface area contributed by atoms with Crippen molar-refractivity contribution in [3.63, 3.8) is 0 Å². The molecule has 0 fully saturated rings. The smallest absolute Gasteiger partial charge is 0.222 e. The maximum absolute atomic E-state index is 5.96. The van der Waals surface area contributed by atoms with Gasteiger partial charge >= 0.3 is 0 Å². The van der Waals surface area contributed by atoms with Crippen molar-refractivity contribution in [3.05, 3.63) is 52.7 Å². The summed E-state index contributed by atoms with van der Waals surface area (Å²) in [5.41, 5.74) is 5.16. The Labute approximate surface area is 126 Å². The van der Waals surface area contributed by atoms with Crippen molar-refractivity contribution in [3.8, 4) is 11.6 Å². The van der Waals surface area contributed by atoms with Crippen LogP contribution >= 0.6 is 0 Å². The number of ether oxygens (including phenoxy) is 1. The first-order valence-electron chi connectivity index (χ1n) is 7.72. The van der Waals surface area contributed by atoms with Gasteiger partial charge in [0.15, 0.2) is 0 Å². The Morgan fingerprint density at radius 1 is 1.19 bits per heavy atom. The number of nitrogens with one attached hydrogen (secondary N) is 1. The SMILES string of the molecule is CCNCc1cnc(Oc2ccc3c(c2)CCC3)c(C)c1. The van der Waals surface area contributed by atoms with E-state index in [-0.39, 0.29) is 0 Å². The number of pyridine rings is 1. The molecule has 0 spiro atoms. The average molecular weight is 282 g/mol. The van der Waals surface area contributed by atoms with Crippen molar-refractivity contribution in [2.75, 3.05) is 6.54 Å². The average Bonchev–Trinajstić information content (AvgIpc) is 2.95. The summed E-state index contributed by atoms with van der Waals surface area (Å²) in [4.78, 5) is 4.46. The lowest BCUT2D eigenvalue weighted by Crippen LogP contribution is -2.12. The van der Waals surface area contributed by atoms with E-state index in [4.69, 9.17) is 4.74 Å². The summed E-state index contributed by atoms with van der Waals surface area (Å²) in [7, 11) is 0. The van der Waals surface area contributed by atoms with Gasteiger partial charge in [-0.1, -0.05) is 13.0 Å². The molecule has 2 aromatic rings. The van der Waals surface area contributed by atoms with Gasteiger partial charge in [-0.05, 0) is 67.6 Å². The quantitative estimate of drug-likeness (QED) is 0.906. The van der Waals surface area contributed by atoms with Crippen LogP contribution in [0.4, 0.5) is 0 Å². The van der Waals surface area contributed by atoms with Crippen LogP contribution in [0.2, 0.25) is 0 Å². The summed E-state index contributed by atoms with van der Waals surface area (Å²) in [6.07, 6.45) is 5.51. The van der Waals surface area contributed by atoms with Crippen LogP contribution in [0.1, 0.15) is 35.6 Å². The molecule has 1 N–H and O–H groups in total. The number of aromatic nitrogens is 1. The topological polar surface area (TPSA) is 34.2 Å². The largest absolute Gasteiger partial charge is 0.439 e. The fourth-order valence-electron chi connectivity index (χ4n) is 2.82. The lowest BCUT2D eigenvalue weighted by molar-refractivity contribution is 0.457. The molecule has 0 aliphatic heterocycles. The molecule has 3 rings (SSSR count). The molecule has 0 amide bonds. The van der Waals surface area contributed by atoms with E-state index < -0.39 is 0 Å². The first kappa shape index (κ1) is 14.1. The zero-order valence-corrected chi connectivity index (χ0v) is 12.8. The Hall–Kier alpha value is -1.87. The fraction of sp³-hybridized carbons (Fsp3) is 0.389. The maximum Gasteiger partial charge on any atom is 0.222 e. The molecule has 1 aromatic heterocycles. The van der Waals surface area contributed by atoms with Crippen molar-refractivity contribution in [1.29, 1.82) is 0 Å². The monoisotopic (exact) mass is 282 g/mol. The normalized spacial score (nSPS) is 13.2. The van der Waals surface area contributed by atoms with E-state index >= 15 is 0 Å². The van der Waals surface area contributed by atoms with Gasteiger partial charge < -0.3 is 10.1 Å². The highest BCUT2D eigenvalue weighted by Crippen LogP contribution is 2.29. The van der Waals surface area contributed by atoms with Gasteiger partial charge in [-0.2, -0.15) is 0 Å². The van der Waals surface area contributed by atoms with Crippen LogP contribution in [-0.2, 0) is 19.4 Å². The van der Waals surface area contributed by atoms with Gasteiger partial charge in [-0.25, -0.2) is 4.98 Å². The Morgan fingerprint density at radius 3 is 2.86 bits per heavy atom. The van der Waals surface area contributed by atoms with Crippen molar-refractivity contribution < 1.29 is 4.74 Å². The van der Waals surface area contributed by atoms with Crippen LogP contribution < -0.4 is 10.1 Å². The number of nitrogens with zero attached hydrogens (tertiary/aromatic N) is 1. The van der Waals surface area contributed by atoms with E-state index in [1.807, 2.05) is 13.1 Å². The third-order valence-electron chi connectivity index (χ3n) is 3.95. The zero-order chi connectivity index (χ0) is 14.7. The van der Waals surface area contributed by atoms with Crippen LogP contribution in [0.25, 0.3) is 0 Å². The van der Waals surface area contributed by atoms with Crippen molar-refractivity contribution in [2.24, 2.45) is 0 Å². The van der Waals surface area contributed by atoms with E-state index in [9.17, 15) is 0 Å². The molecular formula is C18H22N2O.